The number of hydrogen-bond donors (Lipinski definition) is 3. The van der Waals surface area contributed by atoms with E-state index >= 15 is 0 Å². The Morgan fingerprint density at radius 3 is 2.71 bits per heavy atom. The molecule has 1 aliphatic heterocycles. The first-order chi connectivity index (χ1) is 10.1. The SMILES string of the molecule is NNc1ccc(S(=O)(=O)NCCCN2CCOCC2)cn1. The van der Waals surface area contributed by atoms with Crippen LogP contribution >= 0.6 is 0 Å². The van der Waals surface area contributed by atoms with E-state index in [9.17, 15) is 8.42 Å². The summed E-state index contributed by atoms with van der Waals surface area (Å²) in [5.41, 5.74) is 2.35. The molecule has 0 saturated carbocycles. The molecule has 2 rings (SSSR count). The molecule has 2 heterocycles. The van der Waals surface area contributed by atoms with Crippen molar-refractivity contribution in [1.82, 2.24) is 14.6 Å². The standard InChI is InChI=1S/C12H21N5O3S/c13-16-12-3-2-11(10-14-12)21(18,19)15-4-1-5-17-6-8-20-9-7-17/h2-3,10,15H,1,4-9,13H2,(H,14,16). The van der Waals surface area contributed by atoms with Gasteiger partial charge in [0.25, 0.3) is 0 Å². The van der Waals surface area contributed by atoms with Crippen molar-refractivity contribution in [2.24, 2.45) is 5.84 Å². The van der Waals surface area contributed by atoms with Gasteiger partial charge in [-0.15, -0.1) is 0 Å². The Kier molecular flexibility index (Phi) is 5.88. The van der Waals surface area contributed by atoms with Gasteiger partial charge in [0.1, 0.15) is 10.7 Å². The van der Waals surface area contributed by atoms with Crippen LogP contribution in [-0.2, 0) is 14.8 Å². The van der Waals surface area contributed by atoms with Crippen LogP contribution in [0.2, 0.25) is 0 Å². The lowest BCUT2D eigenvalue weighted by Crippen LogP contribution is -2.38. The number of hydrazine groups is 1. The molecule has 118 valence electrons. The van der Waals surface area contributed by atoms with Crippen LogP contribution in [0, 0.1) is 0 Å². The maximum atomic E-state index is 12.0. The highest BCUT2D eigenvalue weighted by Crippen LogP contribution is 2.09. The average molecular weight is 315 g/mol. The molecular weight excluding hydrogens is 294 g/mol. The van der Waals surface area contributed by atoms with Crippen LogP contribution in [0.3, 0.4) is 0 Å². The quantitative estimate of drug-likeness (QED) is 0.349. The summed E-state index contributed by atoms with van der Waals surface area (Å²) >= 11 is 0. The summed E-state index contributed by atoms with van der Waals surface area (Å²) in [6.45, 7) is 4.57. The van der Waals surface area contributed by atoms with Crippen LogP contribution in [0.25, 0.3) is 0 Å². The number of pyridine rings is 1. The third-order valence-electron chi connectivity index (χ3n) is 3.24. The minimum Gasteiger partial charge on any atom is -0.379 e. The lowest BCUT2D eigenvalue weighted by atomic mass is 10.3. The van der Waals surface area contributed by atoms with Crippen molar-refractivity contribution < 1.29 is 13.2 Å². The molecule has 4 N–H and O–H groups in total. The Labute approximate surface area is 124 Å². The molecule has 21 heavy (non-hydrogen) atoms. The summed E-state index contributed by atoms with van der Waals surface area (Å²) < 4.78 is 31.9. The third-order valence-corrected chi connectivity index (χ3v) is 4.69. The smallest absolute Gasteiger partial charge is 0.242 e. The summed E-state index contributed by atoms with van der Waals surface area (Å²) in [6.07, 6.45) is 2.04. The van der Waals surface area contributed by atoms with Crippen LogP contribution in [0.1, 0.15) is 6.42 Å². The Morgan fingerprint density at radius 1 is 1.33 bits per heavy atom. The average Bonchev–Trinajstić information content (AvgIpc) is 2.53. The lowest BCUT2D eigenvalue weighted by Gasteiger charge is -2.26. The first-order valence-electron chi connectivity index (χ1n) is 6.84. The largest absolute Gasteiger partial charge is 0.379 e. The topological polar surface area (TPSA) is 110 Å². The molecule has 0 aliphatic carbocycles. The van der Waals surface area contributed by atoms with Gasteiger partial charge in [-0.05, 0) is 25.1 Å². The molecule has 9 heteroatoms. The van der Waals surface area contributed by atoms with Gasteiger partial charge >= 0.3 is 0 Å². The molecule has 0 bridgehead atoms. The van der Waals surface area contributed by atoms with E-state index in [0.717, 1.165) is 39.3 Å². The van der Waals surface area contributed by atoms with Crippen molar-refractivity contribution in [1.29, 1.82) is 0 Å². The number of rotatable bonds is 7. The number of nitrogen functional groups attached to an aromatic ring is 1. The number of sulfonamides is 1. The lowest BCUT2D eigenvalue weighted by molar-refractivity contribution is 0.0376. The minimum atomic E-state index is -3.51. The Hall–Kier alpha value is -1.26. The zero-order chi connectivity index (χ0) is 15.1. The first-order valence-corrected chi connectivity index (χ1v) is 8.32. The second-order valence-corrected chi connectivity index (χ2v) is 6.50. The molecule has 0 aromatic carbocycles. The van der Waals surface area contributed by atoms with E-state index in [2.05, 4.69) is 20.0 Å². The van der Waals surface area contributed by atoms with Crippen molar-refractivity contribution in [3.63, 3.8) is 0 Å². The van der Waals surface area contributed by atoms with Gasteiger partial charge in [0.05, 0.1) is 13.2 Å². The molecular formula is C12H21N5O3S. The van der Waals surface area contributed by atoms with Gasteiger partial charge in [0.2, 0.25) is 10.0 Å². The van der Waals surface area contributed by atoms with E-state index in [4.69, 9.17) is 10.6 Å². The highest BCUT2D eigenvalue weighted by atomic mass is 32.2. The van der Waals surface area contributed by atoms with Gasteiger partial charge in [-0.25, -0.2) is 24.0 Å². The number of nitrogens with zero attached hydrogens (tertiary/aromatic N) is 2. The van der Waals surface area contributed by atoms with Gasteiger partial charge in [-0.1, -0.05) is 0 Å². The molecule has 0 amide bonds. The molecule has 0 unspecified atom stereocenters. The van der Waals surface area contributed by atoms with Gasteiger partial charge in [-0.3, -0.25) is 4.90 Å². The Bertz CT molecular complexity index is 528. The third kappa shape index (κ3) is 4.90. The number of anilines is 1. The summed E-state index contributed by atoms with van der Waals surface area (Å²) in [6, 6.07) is 2.98. The second kappa shape index (κ2) is 7.66. The van der Waals surface area contributed by atoms with E-state index < -0.39 is 10.0 Å². The van der Waals surface area contributed by atoms with Crippen LogP contribution in [0.4, 0.5) is 5.82 Å². The van der Waals surface area contributed by atoms with Crippen molar-refractivity contribution in [3.05, 3.63) is 18.3 Å². The molecule has 0 spiro atoms. The predicted octanol–water partition coefficient (Wildman–Crippen LogP) is -0.632. The molecule has 8 nitrogen and oxygen atoms in total. The second-order valence-electron chi connectivity index (χ2n) is 4.73. The monoisotopic (exact) mass is 315 g/mol. The highest BCUT2D eigenvalue weighted by Gasteiger charge is 2.14. The molecule has 0 radical (unpaired) electrons. The summed E-state index contributed by atoms with van der Waals surface area (Å²) in [7, 11) is -3.51. The van der Waals surface area contributed by atoms with Crippen LogP contribution in [-0.4, -0.2) is 57.7 Å². The van der Waals surface area contributed by atoms with E-state index in [0.29, 0.717) is 12.4 Å². The molecule has 1 fully saturated rings. The number of aromatic nitrogens is 1. The Balaban J connectivity index is 1.77. The molecule has 1 aromatic heterocycles. The van der Waals surface area contributed by atoms with Gasteiger partial charge in [-0.2, -0.15) is 0 Å². The summed E-state index contributed by atoms with van der Waals surface area (Å²) in [5, 5.41) is 0. The normalized spacial score (nSPS) is 16.8. The van der Waals surface area contributed by atoms with Gasteiger partial charge < -0.3 is 10.2 Å². The molecule has 1 aromatic rings. The molecule has 0 atom stereocenters. The van der Waals surface area contributed by atoms with Crippen LogP contribution in [0.15, 0.2) is 23.2 Å². The van der Waals surface area contributed by atoms with Crippen molar-refractivity contribution in [3.8, 4) is 0 Å². The first kappa shape index (κ1) is 16.1. The maximum Gasteiger partial charge on any atom is 0.242 e. The van der Waals surface area contributed by atoms with Crippen LogP contribution < -0.4 is 16.0 Å². The maximum absolute atomic E-state index is 12.0. The van der Waals surface area contributed by atoms with E-state index in [1.54, 1.807) is 0 Å². The van der Waals surface area contributed by atoms with Crippen molar-refractivity contribution in [2.45, 2.75) is 11.3 Å². The van der Waals surface area contributed by atoms with E-state index in [1.807, 2.05) is 0 Å². The molecule has 1 aliphatic rings. The Morgan fingerprint density at radius 2 is 2.10 bits per heavy atom. The summed E-state index contributed by atoms with van der Waals surface area (Å²) in [5.74, 6) is 5.60. The van der Waals surface area contributed by atoms with Crippen LogP contribution in [0.5, 0.6) is 0 Å². The number of nitrogens with one attached hydrogen (secondary N) is 2. The fourth-order valence-corrected chi connectivity index (χ4v) is 3.06. The number of ether oxygens (including phenoxy) is 1. The van der Waals surface area contributed by atoms with E-state index in [1.165, 1.54) is 18.3 Å². The highest BCUT2D eigenvalue weighted by molar-refractivity contribution is 7.89. The van der Waals surface area contributed by atoms with Crippen molar-refractivity contribution in [2.75, 3.05) is 44.8 Å². The van der Waals surface area contributed by atoms with Gasteiger partial charge in [0, 0.05) is 25.8 Å². The van der Waals surface area contributed by atoms with Crippen molar-refractivity contribution >= 4 is 15.8 Å². The fraction of sp³-hybridized carbons (Fsp3) is 0.583. The summed E-state index contributed by atoms with van der Waals surface area (Å²) in [4.78, 5) is 6.28. The zero-order valence-corrected chi connectivity index (χ0v) is 12.6. The number of nitrogens with two attached hydrogens (primary N) is 1. The number of hydrogen-bond acceptors (Lipinski definition) is 7. The molecule has 1 saturated heterocycles. The zero-order valence-electron chi connectivity index (χ0n) is 11.8. The fourth-order valence-electron chi connectivity index (χ4n) is 2.04. The minimum absolute atomic E-state index is 0.132. The predicted molar refractivity (Wildman–Crippen MR) is 79.1 cm³/mol. The number of morpholine rings is 1. The van der Waals surface area contributed by atoms with E-state index in [-0.39, 0.29) is 4.90 Å². The van der Waals surface area contributed by atoms with Gasteiger partial charge in [0.15, 0.2) is 0 Å².